The zero-order valence-electron chi connectivity index (χ0n) is 15.6. The number of carbonyl (C=O) groups excluding carboxylic acids is 2. The number of halogens is 1. The maximum absolute atomic E-state index is 12.8. The third kappa shape index (κ3) is 4.61. The molecule has 11 heteroatoms. The number of carbonyl (C=O) groups is 2. The average molecular weight is 440 g/mol. The minimum Gasteiger partial charge on any atom is -0.495 e. The number of amides is 2. The number of fused-ring (bicyclic) bond motifs is 1. The van der Waals surface area contributed by atoms with Gasteiger partial charge < -0.3 is 20.1 Å². The SMILES string of the molecule is COc1ccc(NC(=O)CN(C)S(=O)(=O)c2ccc3c(c2)NC(=O)CO3)cc1Cl. The molecule has 0 spiro atoms. The van der Waals surface area contributed by atoms with Crippen molar-refractivity contribution >= 4 is 44.8 Å². The highest BCUT2D eigenvalue weighted by atomic mass is 35.5. The second kappa shape index (κ2) is 8.27. The lowest BCUT2D eigenvalue weighted by atomic mass is 10.2. The highest BCUT2D eigenvalue weighted by Crippen LogP contribution is 2.31. The highest BCUT2D eigenvalue weighted by Gasteiger charge is 2.26. The first-order valence-electron chi connectivity index (χ1n) is 8.37. The Balaban J connectivity index is 1.71. The van der Waals surface area contributed by atoms with Crippen molar-refractivity contribution < 1.29 is 27.5 Å². The normalized spacial score (nSPS) is 13.3. The third-order valence-corrected chi connectivity index (χ3v) is 6.19. The molecule has 0 atom stereocenters. The molecule has 0 radical (unpaired) electrons. The van der Waals surface area contributed by atoms with Crippen molar-refractivity contribution in [2.24, 2.45) is 0 Å². The summed E-state index contributed by atoms with van der Waals surface area (Å²) in [5.74, 6) is -0.0991. The number of sulfonamides is 1. The summed E-state index contributed by atoms with van der Waals surface area (Å²) in [6, 6.07) is 8.77. The Hall–Kier alpha value is -2.82. The van der Waals surface area contributed by atoms with Crippen molar-refractivity contribution in [2.45, 2.75) is 4.90 Å². The molecule has 3 rings (SSSR count). The number of hydrogen-bond acceptors (Lipinski definition) is 6. The monoisotopic (exact) mass is 439 g/mol. The third-order valence-electron chi connectivity index (χ3n) is 4.09. The van der Waals surface area contributed by atoms with Gasteiger partial charge in [0.15, 0.2) is 6.61 Å². The van der Waals surface area contributed by atoms with Gasteiger partial charge in [-0.15, -0.1) is 0 Å². The van der Waals surface area contributed by atoms with E-state index in [2.05, 4.69) is 10.6 Å². The van der Waals surface area contributed by atoms with Crippen molar-refractivity contribution in [3.05, 3.63) is 41.4 Å². The van der Waals surface area contributed by atoms with E-state index in [1.165, 1.54) is 38.4 Å². The lowest BCUT2D eigenvalue weighted by molar-refractivity contribution is -0.118. The first kappa shape index (κ1) is 20.9. The van der Waals surface area contributed by atoms with Crippen molar-refractivity contribution in [3.63, 3.8) is 0 Å². The van der Waals surface area contributed by atoms with E-state index in [0.29, 0.717) is 22.2 Å². The second-order valence-electron chi connectivity index (χ2n) is 6.15. The van der Waals surface area contributed by atoms with Crippen LogP contribution in [0, 0.1) is 0 Å². The van der Waals surface area contributed by atoms with Crippen LogP contribution >= 0.6 is 11.6 Å². The Bertz CT molecular complexity index is 1070. The van der Waals surface area contributed by atoms with Gasteiger partial charge in [0.1, 0.15) is 11.5 Å². The molecular weight excluding hydrogens is 422 g/mol. The molecule has 0 fully saturated rings. The molecule has 0 saturated heterocycles. The number of ether oxygens (including phenoxy) is 2. The quantitative estimate of drug-likeness (QED) is 0.711. The van der Waals surface area contributed by atoms with Crippen LogP contribution in [0.4, 0.5) is 11.4 Å². The Morgan fingerprint density at radius 2 is 2.07 bits per heavy atom. The number of hydrogen-bond donors (Lipinski definition) is 2. The number of rotatable bonds is 6. The molecule has 29 heavy (non-hydrogen) atoms. The van der Waals surface area contributed by atoms with Crippen LogP contribution in [0.15, 0.2) is 41.3 Å². The predicted molar refractivity (Wildman–Crippen MR) is 107 cm³/mol. The zero-order valence-corrected chi connectivity index (χ0v) is 17.1. The predicted octanol–water partition coefficient (Wildman–Crippen LogP) is 1.94. The number of likely N-dealkylation sites (N-methyl/N-ethyl adjacent to an activating group) is 1. The van der Waals surface area contributed by atoms with Gasteiger partial charge in [0, 0.05) is 12.7 Å². The fourth-order valence-electron chi connectivity index (χ4n) is 2.63. The zero-order chi connectivity index (χ0) is 21.2. The minimum atomic E-state index is -3.98. The average Bonchev–Trinajstić information content (AvgIpc) is 2.67. The fourth-order valence-corrected chi connectivity index (χ4v) is 4.05. The second-order valence-corrected chi connectivity index (χ2v) is 8.61. The van der Waals surface area contributed by atoms with Crippen molar-refractivity contribution in [1.29, 1.82) is 0 Å². The van der Waals surface area contributed by atoms with Crippen LogP contribution in [0.1, 0.15) is 0 Å². The molecule has 0 unspecified atom stereocenters. The number of benzene rings is 2. The van der Waals surface area contributed by atoms with Crippen LogP contribution in [-0.2, 0) is 19.6 Å². The van der Waals surface area contributed by atoms with E-state index in [9.17, 15) is 18.0 Å². The minimum absolute atomic E-state index is 0.0789. The molecule has 2 amide bonds. The topological polar surface area (TPSA) is 114 Å². The van der Waals surface area contributed by atoms with Gasteiger partial charge in [-0.2, -0.15) is 4.31 Å². The molecule has 2 N–H and O–H groups in total. The van der Waals surface area contributed by atoms with Crippen LogP contribution in [0.25, 0.3) is 0 Å². The molecule has 0 bridgehead atoms. The smallest absolute Gasteiger partial charge is 0.262 e. The molecule has 154 valence electrons. The molecule has 0 aliphatic carbocycles. The van der Waals surface area contributed by atoms with E-state index >= 15 is 0 Å². The molecule has 0 aromatic heterocycles. The molecule has 2 aromatic rings. The van der Waals surface area contributed by atoms with Gasteiger partial charge in [0.05, 0.1) is 29.3 Å². The summed E-state index contributed by atoms with van der Waals surface area (Å²) < 4.78 is 36.7. The van der Waals surface area contributed by atoms with Gasteiger partial charge in [-0.05, 0) is 36.4 Å². The van der Waals surface area contributed by atoms with Crippen LogP contribution in [0.2, 0.25) is 5.02 Å². The van der Waals surface area contributed by atoms with Gasteiger partial charge in [0.25, 0.3) is 5.91 Å². The summed E-state index contributed by atoms with van der Waals surface area (Å²) in [4.78, 5) is 23.6. The van der Waals surface area contributed by atoms with E-state index in [1.807, 2.05) is 0 Å². The first-order valence-corrected chi connectivity index (χ1v) is 10.2. The van der Waals surface area contributed by atoms with E-state index in [-0.39, 0.29) is 23.1 Å². The fraction of sp³-hybridized carbons (Fsp3) is 0.222. The first-order chi connectivity index (χ1) is 13.7. The lowest BCUT2D eigenvalue weighted by Gasteiger charge is -2.21. The molecule has 1 heterocycles. The van der Waals surface area contributed by atoms with Crippen molar-refractivity contribution in [2.75, 3.05) is 37.9 Å². The molecule has 1 aliphatic heterocycles. The maximum atomic E-state index is 12.8. The molecule has 9 nitrogen and oxygen atoms in total. The molecule has 2 aromatic carbocycles. The largest absolute Gasteiger partial charge is 0.495 e. The van der Waals surface area contributed by atoms with Crippen molar-refractivity contribution in [1.82, 2.24) is 4.31 Å². The molecular formula is C18H18ClN3O6S. The maximum Gasteiger partial charge on any atom is 0.262 e. The number of methoxy groups -OCH3 is 1. The van der Waals surface area contributed by atoms with Gasteiger partial charge in [-0.3, -0.25) is 9.59 Å². The summed E-state index contributed by atoms with van der Waals surface area (Å²) in [5, 5.41) is 5.44. The van der Waals surface area contributed by atoms with Gasteiger partial charge in [-0.1, -0.05) is 11.6 Å². The van der Waals surface area contributed by atoms with E-state index in [1.54, 1.807) is 12.1 Å². The van der Waals surface area contributed by atoms with Crippen LogP contribution in [-0.4, -0.2) is 51.8 Å². The number of nitrogens with zero attached hydrogens (tertiary/aromatic N) is 1. The number of anilines is 2. The summed E-state index contributed by atoms with van der Waals surface area (Å²) >= 11 is 6.02. The standard InChI is InChI=1S/C18H18ClN3O6S/c1-22(9-17(23)20-11-3-5-15(27-2)13(19)7-11)29(25,26)12-4-6-16-14(8-12)21-18(24)10-28-16/h3-8H,9-10H2,1-2H3,(H,20,23)(H,21,24). The van der Waals surface area contributed by atoms with Gasteiger partial charge in [-0.25, -0.2) is 8.42 Å². The Kier molecular flexibility index (Phi) is 5.96. The number of nitrogens with one attached hydrogen (secondary N) is 2. The Morgan fingerprint density at radius 1 is 1.31 bits per heavy atom. The summed E-state index contributed by atoms with van der Waals surface area (Å²) in [6.07, 6.45) is 0. The van der Waals surface area contributed by atoms with Gasteiger partial charge >= 0.3 is 0 Å². The highest BCUT2D eigenvalue weighted by molar-refractivity contribution is 7.89. The van der Waals surface area contributed by atoms with Crippen molar-refractivity contribution in [3.8, 4) is 11.5 Å². The summed E-state index contributed by atoms with van der Waals surface area (Å²) in [5.41, 5.74) is 0.660. The van der Waals surface area contributed by atoms with E-state index in [0.717, 1.165) is 4.31 Å². The summed E-state index contributed by atoms with van der Waals surface area (Å²) in [6.45, 7) is -0.555. The summed E-state index contributed by atoms with van der Waals surface area (Å²) in [7, 11) is -1.22. The van der Waals surface area contributed by atoms with Gasteiger partial charge in [0.2, 0.25) is 15.9 Å². The van der Waals surface area contributed by atoms with E-state index in [4.69, 9.17) is 21.1 Å². The Morgan fingerprint density at radius 3 is 2.76 bits per heavy atom. The molecule has 0 saturated carbocycles. The lowest BCUT2D eigenvalue weighted by Crippen LogP contribution is -2.35. The molecule has 1 aliphatic rings. The van der Waals surface area contributed by atoms with Crippen LogP contribution in [0.3, 0.4) is 0 Å². The van der Waals surface area contributed by atoms with Crippen LogP contribution in [0.5, 0.6) is 11.5 Å². The van der Waals surface area contributed by atoms with Crippen LogP contribution < -0.4 is 20.1 Å². The Labute approximate surface area is 172 Å². The van der Waals surface area contributed by atoms with E-state index < -0.39 is 22.5 Å².